The summed E-state index contributed by atoms with van der Waals surface area (Å²) in [4.78, 5) is 22.8. The van der Waals surface area contributed by atoms with Gasteiger partial charge >= 0.3 is 0 Å². The molecule has 6 heteroatoms. The number of nitrogens with two attached hydrogens (primary N) is 2. The van der Waals surface area contributed by atoms with Crippen LogP contribution in [0.15, 0.2) is 72.8 Å². The van der Waals surface area contributed by atoms with Crippen molar-refractivity contribution in [3.8, 4) is 11.1 Å². The highest BCUT2D eigenvalue weighted by Crippen LogP contribution is 2.27. The zero-order chi connectivity index (χ0) is 23.2. The summed E-state index contributed by atoms with van der Waals surface area (Å²) in [6.07, 6.45) is 4.40. The van der Waals surface area contributed by atoms with Crippen LogP contribution in [-0.4, -0.2) is 18.9 Å². The molecule has 0 radical (unpaired) electrons. The molecule has 0 aliphatic heterocycles. The van der Waals surface area contributed by atoms with Gasteiger partial charge in [0.05, 0.1) is 11.4 Å². The summed E-state index contributed by atoms with van der Waals surface area (Å²) in [5.74, 6) is -0.239. The van der Waals surface area contributed by atoms with E-state index in [0.717, 1.165) is 23.2 Å². The van der Waals surface area contributed by atoms with E-state index in [2.05, 4.69) is 17.6 Å². The smallest absolute Gasteiger partial charge is 0.255 e. The minimum absolute atomic E-state index is 0.239. The van der Waals surface area contributed by atoms with Gasteiger partial charge in [0.2, 0.25) is 6.41 Å². The minimum atomic E-state index is -0.239. The van der Waals surface area contributed by atoms with Crippen LogP contribution in [-0.2, 0) is 11.3 Å². The van der Waals surface area contributed by atoms with Gasteiger partial charge in [-0.2, -0.15) is 0 Å². The molecule has 3 aromatic carbocycles. The van der Waals surface area contributed by atoms with Crippen molar-refractivity contribution >= 4 is 23.7 Å². The topological polar surface area (TPSA) is 110 Å². The van der Waals surface area contributed by atoms with Crippen LogP contribution in [0.1, 0.15) is 42.1 Å². The summed E-state index contributed by atoms with van der Waals surface area (Å²) < 4.78 is 0. The molecule has 2 amide bonds. The van der Waals surface area contributed by atoms with Crippen molar-refractivity contribution in [1.82, 2.24) is 5.32 Å². The standard InChI is InChI=1S/C21H19N3O2.C5H13N/c22-19-11-10-18(16-4-2-1-3-5-16)12-20(19)24-21(26)17-8-6-15(7-9-17)13-23-14-25;1-2-3-4-5-6/h1-12,14H,13,22H2,(H,23,25)(H,24,26);2-6H2,1H3. The number of anilines is 2. The maximum absolute atomic E-state index is 12.5. The van der Waals surface area contributed by atoms with Crippen LogP contribution in [0.3, 0.4) is 0 Å². The van der Waals surface area contributed by atoms with Gasteiger partial charge in [-0.05, 0) is 53.9 Å². The van der Waals surface area contributed by atoms with E-state index in [1.165, 1.54) is 19.3 Å². The van der Waals surface area contributed by atoms with E-state index in [-0.39, 0.29) is 5.91 Å². The van der Waals surface area contributed by atoms with Gasteiger partial charge in [0.1, 0.15) is 0 Å². The van der Waals surface area contributed by atoms with Crippen molar-refractivity contribution in [1.29, 1.82) is 0 Å². The number of benzene rings is 3. The molecule has 3 aromatic rings. The third kappa shape index (κ3) is 7.89. The van der Waals surface area contributed by atoms with Gasteiger partial charge in [-0.25, -0.2) is 0 Å². The molecule has 0 saturated heterocycles. The lowest BCUT2D eigenvalue weighted by Gasteiger charge is -2.11. The van der Waals surface area contributed by atoms with Crippen molar-refractivity contribution in [3.05, 3.63) is 83.9 Å². The number of amides is 2. The predicted octanol–water partition coefficient (Wildman–Crippen LogP) is 4.57. The lowest BCUT2D eigenvalue weighted by Crippen LogP contribution is -2.14. The third-order valence-corrected chi connectivity index (χ3v) is 4.82. The lowest BCUT2D eigenvalue weighted by atomic mass is 10.0. The first-order chi connectivity index (χ1) is 15.6. The Morgan fingerprint density at radius 1 is 0.938 bits per heavy atom. The maximum atomic E-state index is 12.5. The molecule has 0 spiro atoms. The second-order valence-electron chi connectivity index (χ2n) is 7.31. The van der Waals surface area contributed by atoms with Crippen LogP contribution >= 0.6 is 0 Å². The van der Waals surface area contributed by atoms with Crippen LogP contribution in [0.5, 0.6) is 0 Å². The van der Waals surface area contributed by atoms with Gasteiger partial charge in [0.15, 0.2) is 0 Å². The number of rotatable bonds is 9. The van der Waals surface area contributed by atoms with E-state index >= 15 is 0 Å². The van der Waals surface area contributed by atoms with Gasteiger partial charge < -0.3 is 22.1 Å². The second-order valence-corrected chi connectivity index (χ2v) is 7.31. The number of hydrogen-bond acceptors (Lipinski definition) is 4. The van der Waals surface area contributed by atoms with Crippen LogP contribution in [0.25, 0.3) is 11.1 Å². The molecule has 32 heavy (non-hydrogen) atoms. The second kappa shape index (κ2) is 13.6. The average Bonchev–Trinajstić information content (AvgIpc) is 2.84. The van der Waals surface area contributed by atoms with Crippen molar-refractivity contribution < 1.29 is 9.59 Å². The number of unbranched alkanes of at least 4 members (excludes halogenated alkanes) is 2. The van der Waals surface area contributed by atoms with Gasteiger partial charge in [-0.15, -0.1) is 0 Å². The minimum Gasteiger partial charge on any atom is -0.397 e. The molecule has 0 aromatic heterocycles. The maximum Gasteiger partial charge on any atom is 0.255 e. The summed E-state index contributed by atoms with van der Waals surface area (Å²) in [7, 11) is 0. The number of hydrogen-bond donors (Lipinski definition) is 4. The third-order valence-electron chi connectivity index (χ3n) is 4.82. The first-order valence-corrected chi connectivity index (χ1v) is 10.8. The van der Waals surface area contributed by atoms with E-state index in [4.69, 9.17) is 11.5 Å². The number of nitrogen functional groups attached to an aromatic ring is 1. The van der Waals surface area contributed by atoms with Crippen LogP contribution < -0.4 is 22.1 Å². The molecule has 0 saturated carbocycles. The fourth-order valence-corrected chi connectivity index (χ4v) is 3.00. The Morgan fingerprint density at radius 3 is 2.25 bits per heavy atom. The summed E-state index contributed by atoms with van der Waals surface area (Å²) in [6, 6.07) is 22.5. The molecular weight excluding hydrogens is 400 g/mol. The van der Waals surface area contributed by atoms with Crippen molar-refractivity contribution in [2.45, 2.75) is 32.7 Å². The van der Waals surface area contributed by atoms with Crippen molar-refractivity contribution in [2.24, 2.45) is 5.73 Å². The van der Waals surface area contributed by atoms with Crippen LogP contribution in [0.4, 0.5) is 11.4 Å². The van der Waals surface area contributed by atoms with E-state index in [1.807, 2.05) is 42.5 Å². The zero-order valence-corrected chi connectivity index (χ0v) is 18.5. The molecule has 168 valence electrons. The molecular formula is C26H32N4O2. The fourth-order valence-electron chi connectivity index (χ4n) is 3.00. The lowest BCUT2D eigenvalue weighted by molar-refractivity contribution is -0.109. The van der Waals surface area contributed by atoms with Crippen molar-refractivity contribution in [2.75, 3.05) is 17.6 Å². The largest absolute Gasteiger partial charge is 0.397 e. The van der Waals surface area contributed by atoms with Gasteiger partial charge in [-0.3, -0.25) is 9.59 Å². The SMILES string of the molecule is CCCCCN.Nc1ccc(-c2ccccc2)cc1NC(=O)c1ccc(CNC=O)cc1. The van der Waals surface area contributed by atoms with Crippen LogP contribution in [0.2, 0.25) is 0 Å². The molecule has 0 unspecified atom stereocenters. The first kappa shape index (κ1) is 24.6. The molecule has 0 heterocycles. The highest BCUT2D eigenvalue weighted by Gasteiger charge is 2.09. The molecule has 0 bridgehead atoms. The Kier molecular flexibility index (Phi) is 10.5. The van der Waals surface area contributed by atoms with E-state index in [1.54, 1.807) is 30.3 Å². The Morgan fingerprint density at radius 2 is 1.66 bits per heavy atom. The highest BCUT2D eigenvalue weighted by atomic mass is 16.1. The van der Waals surface area contributed by atoms with Gasteiger partial charge in [0.25, 0.3) is 5.91 Å². The Hall–Kier alpha value is -3.64. The monoisotopic (exact) mass is 432 g/mol. The molecule has 0 atom stereocenters. The number of nitrogens with one attached hydrogen (secondary N) is 2. The van der Waals surface area contributed by atoms with E-state index < -0.39 is 0 Å². The van der Waals surface area contributed by atoms with E-state index in [0.29, 0.717) is 29.9 Å². The molecule has 0 aliphatic carbocycles. The molecule has 3 rings (SSSR count). The Bertz CT molecular complexity index is 969. The average molecular weight is 433 g/mol. The number of carbonyl (C=O) groups is 2. The van der Waals surface area contributed by atoms with Crippen molar-refractivity contribution in [3.63, 3.8) is 0 Å². The molecule has 0 aliphatic rings. The summed E-state index contributed by atoms with van der Waals surface area (Å²) in [5, 5.41) is 5.45. The molecule has 6 N–H and O–H groups in total. The first-order valence-electron chi connectivity index (χ1n) is 10.8. The van der Waals surface area contributed by atoms with Gasteiger partial charge in [-0.1, -0.05) is 68.3 Å². The van der Waals surface area contributed by atoms with Crippen LogP contribution in [0, 0.1) is 0 Å². The quantitative estimate of drug-likeness (QED) is 0.225. The summed E-state index contributed by atoms with van der Waals surface area (Å²) in [6.45, 7) is 3.46. The normalized spacial score (nSPS) is 9.94. The van der Waals surface area contributed by atoms with E-state index in [9.17, 15) is 9.59 Å². The molecule has 0 fully saturated rings. The predicted molar refractivity (Wildman–Crippen MR) is 132 cm³/mol. The Balaban J connectivity index is 0.000000534. The fraction of sp³-hybridized carbons (Fsp3) is 0.231. The summed E-state index contributed by atoms with van der Waals surface area (Å²) >= 11 is 0. The zero-order valence-electron chi connectivity index (χ0n) is 18.5. The summed E-state index contributed by atoms with van der Waals surface area (Å²) in [5.41, 5.74) is 15.8. The number of carbonyl (C=O) groups excluding carboxylic acids is 2. The molecule has 6 nitrogen and oxygen atoms in total. The van der Waals surface area contributed by atoms with Gasteiger partial charge in [0, 0.05) is 12.1 Å². The Labute approximate surface area is 190 Å². The highest BCUT2D eigenvalue weighted by molar-refractivity contribution is 6.06.